The van der Waals surface area contributed by atoms with E-state index in [1.54, 1.807) is 36.8 Å². The summed E-state index contributed by atoms with van der Waals surface area (Å²) in [4.78, 5) is 19.5. The SMILES string of the molecule is Nc1cc(C(=O)c2c[nH]c3ccncc23)ccc1Cl. The molecule has 0 saturated heterocycles. The number of hydrogen-bond donors (Lipinski definition) is 2. The van der Waals surface area contributed by atoms with Gasteiger partial charge in [-0.25, -0.2) is 0 Å². The maximum absolute atomic E-state index is 12.4. The van der Waals surface area contributed by atoms with Crippen molar-refractivity contribution in [1.82, 2.24) is 9.97 Å². The molecule has 3 rings (SSSR count). The van der Waals surface area contributed by atoms with Gasteiger partial charge in [0.15, 0.2) is 5.78 Å². The Morgan fingerprint density at radius 2 is 2.16 bits per heavy atom. The zero-order chi connectivity index (χ0) is 13.4. The summed E-state index contributed by atoms with van der Waals surface area (Å²) in [5.41, 5.74) is 8.07. The van der Waals surface area contributed by atoms with E-state index in [1.165, 1.54) is 0 Å². The van der Waals surface area contributed by atoms with Gasteiger partial charge in [-0.05, 0) is 24.3 Å². The number of carbonyl (C=O) groups is 1. The summed E-state index contributed by atoms with van der Waals surface area (Å²) < 4.78 is 0. The number of nitrogens with two attached hydrogens (primary N) is 1. The fourth-order valence-electron chi connectivity index (χ4n) is 1.99. The minimum Gasteiger partial charge on any atom is -0.398 e. The molecule has 0 fully saturated rings. The minimum atomic E-state index is -0.109. The van der Waals surface area contributed by atoms with Gasteiger partial charge in [0.05, 0.1) is 10.7 Å². The van der Waals surface area contributed by atoms with Crippen molar-refractivity contribution >= 4 is 34.0 Å². The monoisotopic (exact) mass is 271 g/mol. The number of rotatable bonds is 2. The normalized spacial score (nSPS) is 10.8. The number of halogens is 1. The molecule has 0 saturated carbocycles. The van der Waals surface area contributed by atoms with Crippen molar-refractivity contribution in [3.05, 3.63) is 59.0 Å². The number of benzene rings is 1. The predicted octanol–water partition coefficient (Wildman–Crippen LogP) is 3.03. The molecule has 0 aliphatic rings. The summed E-state index contributed by atoms with van der Waals surface area (Å²) in [6.07, 6.45) is 5.02. The van der Waals surface area contributed by atoms with E-state index in [2.05, 4.69) is 9.97 Å². The summed E-state index contributed by atoms with van der Waals surface area (Å²) >= 11 is 5.85. The summed E-state index contributed by atoms with van der Waals surface area (Å²) in [6.45, 7) is 0. The summed E-state index contributed by atoms with van der Waals surface area (Å²) in [5, 5.41) is 1.23. The van der Waals surface area contributed by atoms with Gasteiger partial charge in [-0.1, -0.05) is 11.6 Å². The molecule has 0 unspecified atom stereocenters. The van der Waals surface area contributed by atoms with Crippen LogP contribution in [0.1, 0.15) is 15.9 Å². The van der Waals surface area contributed by atoms with Crippen molar-refractivity contribution in [1.29, 1.82) is 0 Å². The lowest BCUT2D eigenvalue weighted by Gasteiger charge is -2.02. The molecule has 0 spiro atoms. The summed E-state index contributed by atoms with van der Waals surface area (Å²) in [5.74, 6) is -0.109. The van der Waals surface area contributed by atoms with Crippen molar-refractivity contribution in [2.45, 2.75) is 0 Å². The molecule has 0 aliphatic heterocycles. The highest BCUT2D eigenvalue weighted by Gasteiger charge is 2.15. The Hall–Kier alpha value is -2.33. The van der Waals surface area contributed by atoms with E-state index >= 15 is 0 Å². The number of ketones is 1. The number of H-pyrrole nitrogens is 1. The molecule has 3 aromatic rings. The number of aromatic nitrogens is 2. The molecule has 0 amide bonds. The Labute approximate surface area is 114 Å². The van der Waals surface area contributed by atoms with E-state index in [9.17, 15) is 4.79 Å². The van der Waals surface area contributed by atoms with Crippen molar-refractivity contribution < 1.29 is 4.79 Å². The molecule has 19 heavy (non-hydrogen) atoms. The van der Waals surface area contributed by atoms with Gasteiger partial charge in [-0.2, -0.15) is 0 Å². The Morgan fingerprint density at radius 3 is 2.95 bits per heavy atom. The number of anilines is 1. The van der Waals surface area contributed by atoms with Crippen LogP contribution in [0.4, 0.5) is 5.69 Å². The van der Waals surface area contributed by atoms with Crippen LogP contribution in [0.15, 0.2) is 42.9 Å². The maximum atomic E-state index is 12.4. The third kappa shape index (κ3) is 1.96. The number of hydrogen-bond acceptors (Lipinski definition) is 3. The predicted molar refractivity (Wildman–Crippen MR) is 75.4 cm³/mol. The van der Waals surface area contributed by atoms with Crippen LogP contribution in [0, 0.1) is 0 Å². The standard InChI is InChI=1S/C14H10ClN3O/c15-11-2-1-8(5-12(11)16)14(19)10-7-18-13-3-4-17-6-9(10)13/h1-7,18H,16H2. The first-order chi connectivity index (χ1) is 9.16. The molecule has 0 radical (unpaired) electrons. The fraction of sp³-hybridized carbons (Fsp3) is 0. The number of nitrogen functional groups attached to an aromatic ring is 1. The first kappa shape index (κ1) is 11.7. The molecule has 1 aromatic carbocycles. The Balaban J connectivity index is 2.11. The Morgan fingerprint density at radius 1 is 1.32 bits per heavy atom. The van der Waals surface area contributed by atoms with Gasteiger partial charge in [0.2, 0.25) is 0 Å². The number of nitrogens with one attached hydrogen (secondary N) is 1. The fourth-order valence-corrected chi connectivity index (χ4v) is 2.11. The van der Waals surface area contributed by atoms with Crippen LogP contribution in [0.2, 0.25) is 5.02 Å². The molecular formula is C14H10ClN3O. The zero-order valence-electron chi connectivity index (χ0n) is 9.85. The first-order valence-corrected chi connectivity index (χ1v) is 6.05. The van der Waals surface area contributed by atoms with E-state index in [0.29, 0.717) is 21.8 Å². The smallest absolute Gasteiger partial charge is 0.195 e. The molecule has 5 heteroatoms. The molecule has 4 nitrogen and oxygen atoms in total. The van der Waals surface area contributed by atoms with E-state index < -0.39 is 0 Å². The molecule has 2 aromatic heterocycles. The first-order valence-electron chi connectivity index (χ1n) is 5.67. The largest absolute Gasteiger partial charge is 0.398 e. The Bertz CT molecular complexity index is 779. The molecule has 0 aliphatic carbocycles. The number of carbonyl (C=O) groups excluding carboxylic acids is 1. The van der Waals surface area contributed by atoms with Crippen LogP contribution < -0.4 is 5.73 Å². The van der Waals surface area contributed by atoms with Crippen LogP contribution >= 0.6 is 11.6 Å². The van der Waals surface area contributed by atoms with Gasteiger partial charge in [-0.15, -0.1) is 0 Å². The third-order valence-corrected chi connectivity index (χ3v) is 3.33. The number of fused-ring (bicyclic) bond motifs is 1. The number of aromatic amines is 1. The topological polar surface area (TPSA) is 71.8 Å². The quantitative estimate of drug-likeness (QED) is 0.556. The van der Waals surface area contributed by atoms with Crippen molar-refractivity contribution in [3.63, 3.8) is 0 Å². The number of pyridine rings is 1. The lowest BCUT2D eigenvalue weighted by molar-refractivity contribution is 0.104. The van der Waals surface area contributed by atoms with Gasteiger partial charge in [0.25, 0.3) is 0 Å². The minimum absolute atomic E-state index is 0.109. The van der Waals surface area contributed by atoms with Gasteiger partial charge < -0.3 is 10.7 Å². The van der Waals surface area contributed by atoms with Crippen molar-refractivity contribution in [2.24, 2.45) is 0 Å². The lowest BCUT2D eigenvalue weighted by atomic mass is 10.0. The van der Waals surface area contributed by atoms with Gasteiger partial charge >= 0.3 is 0 Å². The third-order valence-electron chi connectivity index (χ3n) is 2.99. The zero-order valence-corrected chi connectivity index (χ0v) is 10.6. The Kier molecular flexibility index (Phi) is 2.72. The average Bonchev–Trinajstić information content (AvgIpc) is 2.85. The van der Waals surface area contributed by atoms with E-state index in [0.717, 1.165) is 10.9 Å². The van der Waals surface area contributed by atoms with Crippen LogP contribution in [-0.2, 0) is 0 Å². The maximum Gasteiger partial charge on any atom is 0.195 e. The van der Waals surface area contributed by atoms with Gasteiger partial charge in [0, 0.05) is 40.6 Å². The van der Waals surface area contributed by atoms with E-state index in [-0.39, 0.29) is 5.78 Å². The van der Waals surface area contributed by atoms with Crippen LogP contribution in [0.3, 0.4) is 0 Å². The van der Waals surface area contributed by atoms with Crippen molar-refractivity contribution in [2.75, 3.05) is 5.73 Å². The highest BCUT2D eigenvalue weighted by Crippen LogP contribution is 2.24. The van der Waals surface area contributed by atoms with Crippen LogP contribution in [0.5, 0.6) is 0 Å². The average molecular weight is 272 g/mol. The molecule has 2 heterocycles. The molecule has 0 bridgehead atoms. The van der Waals surface area contributed by atoms with Gasteiger partial charge in [0.1, 0.15) is 0 Å². The second-order valence-corrected chi connectivity index (χ2v) is 4.60. The van der Waals surface area contributed by atoms with Crippen LogP contribution in [0.25, 0.3) is 10.9 Å². The van der Waals surface area contributed by atoms with Crippen molar-refractivity contribution in [3.8, 4) is 0 Å². The number of nitrogens with zero attached hydrogens (tertiary/aromatic N) is 1. The molecular weight excluding hydrogens is 262 g/mol. The highest BCUT2D eigenvalue weighted by atomic mass is 35.5. The highest BCUT2D eigenvalue weighted by molar-refractivity contribution is 6.33. The second kappa shape index (κ2) is 4.40. The summed E-state index contributed by atoms with van der Waals surface area (Å²) in [7, 11) is 0. The molecule has 3 N–H and O–H groups in total. The molecule has 0 atom stereocenters. The second-order valence-electron chi connectivity index (χ2n) is 4.19. The van der Waals surface area contributed by atoms with E-state index in [4.69, 9.17) is 17.3 Å². The van der Waals surface area contributed by atoms with E-state index in [1.807, 2.05) is 6.07 Å². The van der Waals surface area contributed by atoms with Gasteiger partial charge in [-0.3, -0.25) is 9.78 Å². The van der Waals surface area contributed by atoms with Crippen LogP contribution in [-0.4, -0.2) is 15.8 Å². The molecule has 94 valence electrons. The lowest BCUT2D eigenvalue weighted by Crippen LogP contribution is -2.01. The summed E-state index contributed by atoms with van der Waals surface area (Å²) in [6, 6.07) is 6.69.